The summed E-state index contributed by atoms with van der Waals surface area (Å²) in [6, 6.07) is 0. The maximum atomic E-state index is 10.6. The molecule has 0 radical (unpaired) electrons. The van der Waals surface area contributed by atoms with Crippen molar-refractivity contribution in [2.24, 2.45) is 0 Å². The Balaban J connectivity index is 2.74. The van der Waals surface area contributed by atoms with Crippen molar-refractivity contribution in [3.8, 4) is 0 Å². The first-order valence-electron chi connectivity index (χ1n) is 2.82. The van der Waals surface area contributed by atoms with Crippen LogP contribution in [0.2, 0.25) is 0 Å². The topological polar surface area (TPSA) is 55.4 Å². The third kappa shape index (κ3) is 1.00. The molecule has 1 rings (SSSR count). The van der Waals surface area contributed by atoms with Gasteiger partial charge in [0.25, 0.3) is 0 Å². The highest BCUT2D eigenvalue weighted by atomic mass is 16.5. The summed E-state index contributed by atoms with van der Waals surface area (Å²) in [6.07, 6.45) is 0.529. The Kier molecular flexibility index (Phi) is 1.71. The number of rotatable bonds is 2. The van der Waals surface area contributed by atoms with Crippen molar-refractivity contribution in [1.29, 1.82) is 0 Å². The van der Waals surface area contributed by atoms with Crippen molar-refractivity contribution in [3.05, 3.63) is 11.3 Å². The Hall–Kier alpha value is -1.32. The zero-order valence-electron chi connectivity index (χ0n) is 5.51. The number of carbonyl (C=O) groups is 2. The van der Waals surface area contributed by atoms with Crippen LogP contribution in [0.25, 0.3) is 0 Å². The fourth-order valence-corrected chi connectivity index (χ4v) is 0.698. The highest BCUT2D eigenvalue weighted by Gasteiger charge is 2.19. The SMILES string of the molecule is CC1=C(NC=O)COC1=O. The molecule has 1 heterocycles. The average molecular weight is 141 g/mol. The van der Waals surface area contributed by atoms with Gasteiger partial charge >= 0.3 is 5.97 Å². The van der Waals surface area contributed by atoms with E-state index in [1.165, 1.54) is 0 Å². The smallest absolute Gasteiger partial charge is 0.336 e. The molecule has 0 aliphatic carbocycles. The molecule has 0 aromatic carbocycles. The summed E-state index contributed by atoms with van der Waals surface area (Å²) in [5.74, 6) is -0.357. The van der Waals surface area contributed by atoms with E-state index in [2.05, 4.69) is 10.1 Å². The summed E-state index contributed by atoms with van der Waals surface area (Å²) in [5.41, 5.74) is 1.03. The third-order valence-corrected chi connectivity index (χ3v) is 1.34. The number of nitrogens with one attached hydrogen (secondary N) is 1. The Morgan fingerprint density at radius 1 is 1.70 bits per heavy atom. The van der Waals surface area contributed by atoms with Crippen molar-refractivity contribution < 1.29 is 14.3 Å². The summed E-state index contributed by atoms with van der Waals surface area (Å²) in [5, 5.41) is 2.38. The van der Waals surface area contributed by atoms with Gasteiger partial charge in [-0.1, -0.05) is 0 Å². The number of carbonyl (C=O) groups excluding carboxylic acids is 2. The second kappa shape index (κ2) is 2.51. The maximum absolute atomic E-state index is 10.6. The van der Waals surface area contributed by atoms with Crippen molar-refractivity contribution in [3.63, 3.8) is 0 Å². The molecule has 1 aliphatic heterocycles. The lowest BCUT2D eigenvalue weighted by Gasteiger charge is -1.93. The first-order valence-corrected chi connectivity index (χ1v) is 2.82. The van der Waals surface area contributed by atoms with Gasteiger partial charge < -0.3 is 10.1 Å². The van der Waals surface area contributed by atoms with E-state index in [-0.39, 0.29) is 12.6 Å². The lowest BCUT2D eigenvalue weighted by atomic mass is 10.3. The second-order valence-electron chi connectivity index (χ2n) is 1.94. The molecule has 0 unspecified atom stereocenters. The van der Waals surface area contributed by atoms with Gasteiger partial charge in [-0.05, 0) is 6.92 Å². The maximum Gasteiger partial charge on any atom is 0.336 e. The molecule has 10 heavy (non-hydrogen) atoms. The van der Waals surface area contributed by atoms with Crippen LogP contribution < -0.4 is 5.32 Å². The number of esters is 1. The molecule has 1 amide bonds. The number of hydrogen-bond donors (Lipinski definition) is 1. The van der Waals surface area contributed by atoms with Gasteiger partial charge in [-0.2, -0.15) is 0 Å². The molecule has 1 aliphatic rings. The molecule has 54 valence electrons. The molecule has 0 aromatic rings. The molecule has 0 fully saturated rings. The standard InChI is InChI=1S/C6H7NO3/c1-4-5(7-3-8)2-10-6(4)9/h3H,2H2,1H3,(H,7,8). The average Bonchev–Trinajstić information content (AvgIpc) is 2.20. The van der Waals surface area contributed by atoms with Gasteiger partial charge in [-0.25, -0.2) is 4.79 Å². The van der Waals surface area contributed by atoms with Crippen molar-refractivity contribution in [2.75, 3.05) is 6.61 Å². The van der Waals surface area contributed by atoms with E-state index in [0.29, 0.717) is 17.7 Å². The fourth-order valence-electron chi connectivity index (χ4n) is 0.698. The summed E-state index contributed by atoms with van der Waals surface area (Å²) in [4.78, 5) is 20.5. The quantitative estimate of drug-likeness (QED) is 0.419. The summed E-state index contributed by atoms with van der Waals surface area (Å²) in [7, 11) is 0. The van der Waals surface area contributed by atoms with Crippen molar-refractivity contribution >= 4 is 12.4 Å². The molecule has 4 heteroatoms. The first kappa shape index (κ1) is 6.80. The van der Waals surface area contributed by atoms with E-state index in [0.717, 1.165) is 0 Å². The minimum atomic E-state index is -0.357. The van der Waals surface area contributed by atoms with Crippen LogP contribution in [0.15, 0.2) is 11.3 Å². The first-order chi connectivity index (χ1) is 4.75. The van der Waals surface area contributed by atoms with Crippen molar-refractivity contribution in [2.45, 2.75) is 6.92 Å². The Morgan fingerprint density at radius 3 is 2.80 bits per heavy atom. The number of cyclic esters (lactones) is 1. The van der Waals surface area contributed by atoms with Gasteiger partial charge in [-0.15, -0.1) is 0 Å². The van der Waals surface area contributed by atoms with E-state index in [1.54, 1.807) is 6.92 Å². The molecule has 0 bridgehead atoms. The van der Waals surface area contributed by atoms with Crippen LogP contribution in [0.3, 0.4) is 0 Å². The molecule has 0 spiro atoms. The Morgan fingerprint density at radius 2 is 2.40 bits per heavy atom. The molecule has 0 saturated carbocycles. The predicted molar refractivity (Wildman–Crippen MR) is 32.9 cm³/mol. The minimum absolute atomic E-state index is 0.184. The van der Waals surface area contributed by atoms with Gasteiger partial charge in [0.2, 0.25) is 6.41 Å². The zero-order chi connectivity index (χ0) is 7.56. The van der Waals surface area contributed by atoms with Gasteiger partial charge in [-0.3, -0.25) is 4.79 Å². The largest absolute Gasteiger partial charge is 0.456 e. The normalized spacial score (nSPS) is 17.1. The van der Waals surface area contributed by atoms with Gasteiger partial charge in [0.15, 0.2) is 0 Å². The lowest BCUT2D eigenvalue weighted by molar-refractivity contribution is -0.136. The number of hydrogen-bond acceptors (Lipinski definition) is 3. The van der Waals surface area contributed by atoms with E-state index in [9.17, 15) is 9.59 Å². The monoisotopic (exact) mass is 141 g/mol. The highest BCUT2D eigenvalue weighted by molar-refractivity contribution is 5.91. The number of ether oxygens (including phenoxy) is 1. The van der Waals surface area contributed by atoms with Crippen LogP contribution in [0, 0.1) is 0 Å². The van der Waals surface area contributed by atoms with Crippen LogP contribution in [0.1, 0.15) is 6.92 Å². The van der Waals surface area contributed by atoms with Crippen LogP contribution in [0.5, 0.6) is 0 Å². The number of amides is 1. The van der Waals surface area contributed by atoms with E-state index < -0.39 is 0 Å². The van der Waals surface area contributed by atoms with Crippen molar-refractivity contribution in [1.82, 2.24) is 5.32 Å². The molecule has 1 N–H and O–H groups in total. The lowest BCUT2D eigenvalue weighted by Crippen LogP contribution is -2.12. The molecular formula is C6H7NO3. The van der Waals surface area contributed by atoms with E-state index in [4.69, 9.17) is 0 Å². The van der Waals surface area contributed by atoms with Crippen LogP contribution in [-0.2, 0) is 14.3 Å². The van der Waals surface area contributed by atoms with Gasteiger partial charge in [0.05, 0.1) is 11.3 Å². The van der Waals surface area contributed by atoms with Gasteiger partial charge in [0, 0.05) is 0 Å². The molecule has 0 aromatic heterocycles. The zero-order valence-corrected chi connectivity index (χ0v) is 5.51. The van der Waals surface area contributed by atoms with Crippen LogP contribution >= 0.6 is 0 Å². The highest BCUT2D eigenvalue weighted by Crippen LogP contribution is 2.10. The van der Waals surface area contributed by atoms with E-state index in [1.807, 2.05) is 0 Å². The minimum Gasteiger partial charge on any atom is -0.456 e. The molecule has 0 saturated heterocycles. The summed E-state index contributed by atoms with van der Waals surface area (Å²) >= 11 is 0. The Bertz CT molecular complexity index is 207. The van der Waals surface area contributed by atoms with Crippen LogP contribution in [-0.4, -0.2) is 19.0 Å². The summed E-state index contributed by atoms with van der Waals surface area (Å²) < 4.78 is 4.60. The molecule has 4 nitrogen and oxygen atoms in total. The summed E-state index contributed by atoms with van der Waals surface area (Å²) in [6.45, 7) is 1.80. The predicted octanol–water partition coefficient (Wildman–Crippen LogP) is -0.437. The second-order valence-corrected chi connectivity index (χ2v) is 1.94. The molecule has 0 atom stereocenters. The third-order valence-electron chi connectivity index (χ3n) is 1.34. The molecular weight excluding hydrogens is 134 g/mol. The van der Waals surface area contributed by atoms with Gasteiger partial charge in [0.1, 0.15) is 6.61 Å². The fraction of sp³-hybridized carbons (Fsp3) is 0.333. The van der Waals surface area contributed by atoms with Crippen LogP contribution in [0.4, 0.5) is 0 Å². The van der Waals surface area contributed by atoms with E-state index >= 15 is 0 Å². The Labute approximate surface area is 57.9 Å².